The summed E-state index contributed by atoms with van der Waals surface area (Å²) in [5.74, 6) is 0.895. The average Bonchev–Trinajstić information content (AvgIpc) is 2.66. The normalized spacial score (nSPS) is 10.9. The molecule has 96 valence electrons. The first-order valence-corrected chi connectivity index (χ1v) is 6.49. The number of aromatic amines is 1. The van der Waals surface area contributed by atoms with E-state index in [0.717, 1.165) is 5.69 Å². The number of ether oxygens (including phenoxy) is 1. The third-order valence-corrected chi connectivity index (χ3v) is 3.53. The van der Waals surface area contributed by atoms with Gasteiger partial charge in [0.15, 0.2) is 0 Å². The monoisotopic (exact) mass is 310 g/mol. The molecule has 4 nitrogen and oxygen atoms in total. The van der Waals surface area contributed by atoms with E-state index in [9.17, 15) is 4.79 Å². The first kappa shape index (κ1) is 13.0. The number of para-hydroxylation sites is 2. The van der Waals surface area contributed by atoms with Gasteiger partial charge in [0.25, 0.3) is 5.56 Å². The van der Waals surface area contributed by atoms with E-state index in [1.165, 1.54) is 4.68 Å². The van der Waals surface area contributed by atoms with E-state index in [2.05, 4.69) is 21.0 Å². The van der Waals surface area contributed by atoms with Gasteiger partial charge in [-0.25, -0.2) is 4.68 Å². The van der Waals surface area contributed by atoms with Crippen molar-refractivity contribution < 1.29 is 4.74 Å². The molecule has 0 aliphatic heterocycles. The summed E-state index contributed by atoms with van der Waals surface area (Å²) in [5.41, 5.74) is 1.48. The maximum atomic E-state index is 12.2. The van der Waals surface area contributed by atoms with Crippen LogP contribution in [0.2, 0.25) is 0 Å². The van der Waals surface area contributed by atoms with Gasteiger partial charge in [-0.15, -0.1) is 0 Å². The molecular formula is C13H15BrN2O2. The second-order valence-electron chi connectivity index (χ2n) is 4.31. The third-order valence-electron chi connectivity index (χ3n) is 2.76. The number of halogens is 1. The van der Waals surface area contributed by atoms with Gasteiger partial charge in [-0.05, 0) is 34.0 Å². The molecule has 5 heteroatoms. The fraction of sp³-hybridized carbons (Fsp3) is 0.308. The van der Waals surface area contributed by atoms with Gasteiger partial charge >= 0.3 is 0 Å². The average molecular weight is 311 g/mol. The summed E-state index contributed by atoms with van der Waals surface area (Å²) < 4.78 is 7.34. The summed E-state index contributed by atoms with van der Waals surface area (Å²) in [7, 11) is 1.59. The molecule has 0 aliphatic carbocycles. The zero-order valence-corrected chi connectivity index (χ0v) is 12.1. The van der Waals surface area contributed by atoms with E-state index in [0.29, 0.717) is 15.9 Å². The van der Waals surface area contributed by atoms with Gasteiger partial charge in [-0.3, -0.25) is 9.89 Å². The predicted molar refractivity (Wildman–Crippen MR) is 74.7 cm³/mol. The number of nitrogens with zero attached hydrogens (tertiary/aromatic N) is 1. The molecule has 2 aromatic rings. The van der Waals surface area contributed by atoms with E-state index in [-0.39, 0.29) is 11.5 Å². The molecule has 1 heterocycles. The zero-order valence-electron chi connectivity index (χ0n) is 10.5. The molecule has 0 bridgehead atoms. The smallest absolute Gasteiger partial charge is 0.285 e. The van der Waals surface area contributed by atoms with Crippen LogP contribution in [0.5, 0.6) is 5.75 Å². The summed E-state index contributed by atoms with van der Waals surface area (Å²) in [6, 6.07) is 7.40. The summed E-state index contributed by atoms with van der Waals surface area (Å²) in [6.45, 7) is 4.06. The second kappa shape index (κ2) is 5.02. The Kier molecular flexibility index (Phi) is 3.61. The molecule has 1 N–H and O–H groups in total. The van der Waals surface area contributed by atoms with Crippen LogP contribution in [-0.2, 0) is 0 Å². The highest BCUT2D eigenvalue weighted by Gasteiger charge is 2.16. The first-order valence-electron chi connectivity index (χ1n) is 5.70. The molecule has 0 spiro atoms. The largest absolute Gasteiger partial charge is 0.494 e. The molecule has 0 aliphatic rings. The standard InChI is InChI=1S/C13H15BrN2O2/c1-8(2)12-11(14)13(17)16(15-12)9-6-4-5-7-10(9)18-3/h4-8,15H,1-3H3. The maximum absolute atomic E-state index is 12.2. The Labute approximate surface area is 114 Å². The lowest BCUT2D eigenvalue weighted by molar-refractivity contribution is 0.411. The lowest BCUT2D eigenvalue weighted by atomic mass is 10.1. The molecule has 0 saturated heterocycles. The number of rotatable bonds is 3. The Balaban J connectivity index is 2.65. The summed E-state index contributed by atoms with van der Waals surface area (Å²) >= 11 is 3.34. The van der Waals surface area contributed by atoms with E-state index in [4.69, 9.17) is 4.74 Å². The molecule has 18 heavy (non-hydrogen) atoms. The maximum Gasteiger partial charge on any atom is 0.285 e. The van der Waals surface area contributed by atoms with E-state index in [1.54, 1.807) is 7.11 Å². The fourth-order valence-corrected chi connectivity index (χ4v) is 2.52. The lowest BCUT2D eigenvalue weighted by Gasteiger charge is -2.08. The van der Waals surface area contributed by atoms with Crippen LogP contribution in [0, 0.1) is 0 Å². The minimum absolute atomic E-state index is 0.108. The minimum Gasteiger partial charge on any atom is -0.494 e. The van der Waals surface area contributed by atoms with E-state index < -0.39 is 0 Å². The number of nitrogens with one attached hydrogen (secondary N) is 1. The predicted octanol–water partition coefficient (Wildman–Crippen LogP) is 3.06. The number of H-pyrrole nitrogens is 1. The zero-order chi connectivity index (χ0) is 13.3. The van der Waals surface area contributed by atoms with Crippen LogP contribution >= 0.6 is 15.9 Å². The Morgan fingerprint density at radius 3 is 2.56 bits per heavy atom. The Bertz CT molecular complexity index is 614. The van der Waals surface area contributed by atoms with Crippen LogP contribution in [0.1, 0.15) is 25.5 Å². The Hall–Kier alpha value is -1.49. The molecule has 0 amide bonds. The van der Waals surface area contributed by atoms with Crippen LogP contribution in [0.4, 0.5) is 0 Å². The number of hydrogen-bond acceptors (Lipinski definition) is 2. The van der Waals surface area contributed by atoms with Gasteiger partial charge in [0.05, 0.1) is 12.8 Å². The number of hydrogen-bond donors (Lipinski definition) is 1. The van der Waals surface area contributed by atoms with Crippen molar-refractivity contribution in [3.8, 4) is 11.4 Å². The molecule has 1 aromatic carbocycles. The number of aromatic nitrogens is 2. The van der Waals surface area contributed by atoms with Gasteiger partial charge in [0.2, 0.25) is 0 Å². The quantitative estimate of drug-likeness (QED) is 0.947. The van der Waals surface area contributed by atoms with Crippen LogP contribution < -0.4 is 10.3 Å². The van der Waals surface area contributed by atoms with Crippen molar-refractivity contribution >= 4 is 15.9 Å². The van der Waals surface area contributed by atoms with Gasteiger partial charge in [-0.1, -0.05) is 26.0 Å². The molecule has 0 saturated carbocycles. The summed E-state index contributed by atoms with van der Waals surface area (Å²) in [4.78, 5) is 12.2. The fourth-order valence-electron chi connectivity index (χ4n) is 1.80. The Morgan fingerprint density at radius 1 is 1.33 bits per heavy atom. The summed E-state index contributed by atoms with van der Waals surface area (Å²) in [6.07, 6.45) is 0. The van der Waals surface area contributed by atoms with Gasteiger partial charge in [-0.2, -0.15) is 0 Å². The van der Waals surface area contributed by atoms with E-state index in [1.807, 2.05) is 38.1 Å². The van der Waals surface area contributed by atoms with Gasteiger partial charge < -0.3 is 4.74 Å². The SMILES string of the molecule is COc1ccccc1-n1[nH]c(C(C)C)c(Br)c1=O. The molecule has 0 atom stereocenters. The Morgan fingerprint density at radius 2 is 2.00 bits per heavy atom. The van der Waals surface area contributed by atoms with Crippen molar-refractivity contribution in [2.24, 2.45) is 0 Å². The molecule has 0 unspecified atom stereocenters. The van der Waals surface area contributed by atoms with Crippen LogP contribution in [0.3, 0.4) is 0 Å². The molecular weight excluding hydrogens is 296 g/mol. The van der Waals surface area contributed by atoms with Crippen LogP contribution in [-0.4, -0.2) is 16.9 Å². The third kappa shape index (κ3) is 2.10. The highest BCUT2D eigenvalue weighted by molar-refractivity contribution is 9.10. The topological polar surface area (TPSA) is 47.0 Å². The van der Waals surface area contributed by atoms with Crippen molar-refractivity contribution in [1.82, 2.24) is 9.78 Å². The number of benzene rings is 1. The van der Waals surface area contributed by atoms with Crippen molar-refractivity contribution in [3.05, 3.63) is 44.8 Å². The molecule has 0 radical (unpaired) electrons. The van der Waals surface area contributed by atoms with Crippen molar-refractivity contribution in [1.29, 1.82) is 0 Å². The highest BCUT2D eigenvalue weighted by Crippen LogP contribution is 2.24. The molecule has 2 rings (SSSR count). The van der Waals surface area contributed by atoms with Crippen LogP contribution in [0.25, 0.3) is 5.69 Å². The van der Waals surface area contributed by atoms with Gasteiger partial charge in [0.1, 0.15) is 15.9 Å². The highest BCUT2D eigenvalue weighted by atomic mass is 79.9. The lowest BCUT2D eigenvalue weighted by Crippen LogP contribution is -2.15. The summed E-state index contributed by atoms with van der Waals surface area (Å²) in [5, 5.41) is 3.12. The van der Waals surface area contributed by atoms with Crippen molar-refractivity contribution in [2.45, 2.75) is 19.8 Å². The number of methoxy groups -OCH3 is 1. The van der Waals surface area contributed by atoms with Crippen LogP contribution in [0.15, 0.2) is 33.5 Å². The second-order valence-corrected chi connectivity index (χ2v) is 5.10. The van der Waals surface area contributed by atoms with Gasteiger partial charge in [0, 0.05) is 0 Å². The minimum atomic E-state index is -0.108. The first-order chi connectivity index (χ1) is 8.56. The van der Waals surface area contributed by atoms with Crippen molar-refractivity contribution in [2.75, 3.05) is 7.11 Å². The van der Waals surface area contributed by atoms with E-state index >= 15 is 0 Å². The molecule has 0 fully saturated rings. The molecule has 1 aromatic heterocycles. The van der Waals surface area contributed by atoms with Crippen molar-refractivity contribution in [3.63, 3.8) is 0 Å².